The number of carbonyl (C=O) groups excluding carboxylic acids is 4. The van der Waals surface area contributed by atoms with Crippen molar-refractivity contribution in [2.45, 2.75) is 58.6 Å². The molecule has 4 amide bonds. The Morgan fingerprint density at radius 3 is 1.87 bits per heavy atom. The predicted octanol–water partition coefficient (Wildman–Crippen LogP) is 3.81. The molecule has 0 aliphatic carbocycles. The fraction of sp³-hybridized carbons (Fsp3) is 0.371. The molecule has 3 aromatic rings. The van der Waals surface area contributed by atoms with Crippen LogP contribution in [0.3, 0.4) is 0 Å². The topological polar surface area (TPSA) is 145 Å². The number of nitrogens with zero attached hydrogens (tertiary/aromatic N) is 2. The number of hydrogen-bond acceptors (Lipinski definition) is 6. The summed E-state index contributed by atoms with van der Waals surface area (Å²) < 4.78 is 0. The van der Waals surface area contributed by atoms with E-state index in [1.807, 2.05) is 57.2 Å². The second-order valence-corrected chi connectivity index (χ2v) is 11.0. The minimum Gasteiger partial charge on any atom is -0.390 e. The summed E-state index contributed by atoms with van der Waals surface area (Å²) in [5, 5.41) is 16.0. The van der Waals surface area contributed by atoms with Crippen molar-refractivity contribution in [3.05, 3.63) is 107 Å². The van der Waals surface area contributed by atoms with E-state index in [0.29, 0.717) is 38.0 Å². The van der Waals surface area contributed by atoms with Crippen molar-refractivity contribution in [1.82, 2.24) is 20.7 Å². The molecule has 0 saturated carbocycles. The molecule has 0 bridgehead atoms. The van der Waals surface area contributed by atoms with E-state index in [1.165, 1.54) is 18.2 Å². The minimum atomic E-state index is -1.10. The van der Waals surface area contributed by atoms with E-state index in [0.717, 1.165) is 18.4 Å². The predicted molar refractivity (Wildman–Crippen MR) is 175 cm³/mol. The van der Waals surface area contributed by atoms with Gasteiger partial charge in [0.15, 0.2) is 0 Å². The lowest BCUT2D eigenvalue weighted by Gasteiger charge is -2.30. The summed E-state index contributed by atoms with van der Waals surface area (Å²) in [5.41, 5.74) is 10.1. The number of aliphatic hydroxyl groups is 1. The van der Waals surface area contributed by atoms with Crippen molar-refractivity contribution >= 4 is 23.6 Å². The number of nitrogens with two attached hydrogens (primary N) is 1. The zero-order chi connectivity index (χ0) is 32.8. The lowest BCUT2D eigenvalue weighted by atomic mass is 9.99. The van der Waals surface area contributed by atoms with Crippen LogP contribution in [-0.2, 0) is 6.42 Å². The Balaban J connectivity index is 1.89. The Morgan fingerprint density at radius 1 is 0.733 bits per heavy atom. The fourth-order valence-corrected chi connectivity index (χ4v) is 5.08. The monoisotopic (exact) mass is 615 g/mol. The van der Waals surface area contributed by atoms with Gasteiger partial charge in [-0.25, -0.2) is 5.01 Å². The highest BCUT2D eigenvalue weighted by molar-refractivity contribution is 6.04. The SMILES string of the molecule is CCCN(CC(O)C(Cc1ccccc1)NC(=O)c1cc(C(N)=O)cc(C(=O)N(CCC)CCC)c1)NC(=O)c1ccccc1. The van der Waals surface area contributed by atoms with Crippen molar-refractivity contribution in [2.24, 2.45) is 5.73 Å². The Labute approximate surface area is 265 Å². The van der Waals surface area contributed by atoms with Gasteiger partial charge in [-0.1, -0.05) is 69.3 Å². The number of primary amides is 1. The van der Waals surface area contributed by atoms with Gasteiger partial charge in [-0.2, -0.15) is 0 Å². The van der Waals surface area contributed by atoms with Crippen LogP contribution in [0, 0.1) is 0 Å². The quantitative estimate of drug-likeness (QED) is 0.170. The van der Waals surface area contributed by atoms with Crippen LogP contribution in [0.2, 0.25) is 0 Å². The number of aliphatic hydroxyl groups excluding tert-OH is 1. The normalized spacial score (nSPS) is 12.3. The van der Waals surface area contributed by atoms with Gasteiger partial charge < -0.3 is 21.1 Å². The largest absolute Gasteiger partial charge is 0.390 e. The van der Waals surface area contributed by atoms with Crippen LogP contribution in [0.4, 0.5) is 0 Å². The summed E-state index contributed by atoms with van der Waals surface area (Å²) in [6.45, 7) is 7.50. The number of benzene rings is 3. The van der Waals surface area contributed by atoms with Crippen LogP contribution in [0.5, 0.6) is 0 Å². The molecule has 0 saturated heterocycles. The molecule has 0 aliphatic heterocycles. The molecule has 3 rings (SSSR count). The first-order valence-corrected chi connectivity index (χ1v) is 15.5. The van der Waals surface area contributed by atoms with Crippen molar-refractivity contribution in [2.75, 3.05) is 26.2 Å². The third-order valence-electron chi connectivity index (χ3n) is 7.28. The molecule has 2 atom stereocenters. The number of hydrazine groups is 1. The van der Waals surface area contributed by atoms with Crippen LogP contribution in [-0.4, -0.2) is 77.0 Å². The first-order valence-electron chi connectivity index (χ1n) is 15.5. The van der Waals surface area contributed by atoms with Crippen molar-refractivity contribution < 1.29 is 24.3 Å². The Morgan fingerprint density at radius 2 is 1.29 bits per heavy atom. The maximum Gasteiger partial charge on any atom is 0.265 e. The summed E-state index contributed by atoms with van der Waals surface area (Å²) in [6, 6.07) is 21.6. The van der Waals surface area contributed by atoms with Gasteiger partial charge in [0.2, 0.25) is 5.91 Å². The van der Waals surface area contributed by atoms with Gasteiger partial charge in [0.1, 0.15) is 0 Å². The lowest BCUT2D eigenvalue weighted by molar-refractivity contribution is 0.0451. The van der Waals surface area contributed by atoms with Crippen LogP contribution >= 0.6 is 0 Å². The van der Waals surface area contributed by atoms with Crippen molar-refractivity contribution in [3.8, 4) is 0 Å². The first kappa shape index (κ1) is 34.9. The first-order chi connectivity index (χ1) is 21.7. The van der Waals surface area contributed by atoms with Gasteiger partial charge in [-0.3, -0.25) is 24.6 Å². The average molecular weight is 616 g/mol. The number of nitrogens with one attached hydrogen (secondary N) is 2. The number of rotatable bonds is 17. The molecule has 0 spiro atoms. The van der Waals surface area contributed by atoms with E-state index in [4.69, 9.17) is 5.73 Å². The Kier molecular flexibility index (Phi) is 13.7. The maximum atomic E-state index is 13.7. The molecule has 0 heterocycles. The van der Waals surface area contributed by atoms with Gasteiger partial charge >= 0.3 is 0 Å². The smallest absolute Gasteiger partial charge is 0.265 e. The Hall–Kier alpha value is -4.54. The third kappa shape index (κ3) is 10.5. The molecule has 240 valence electrons. The zero-order valence-electron chi connectivity index (χ0n) is 26.4. The molecule has 10 nitrogen and oxygen atoms in total. The van der Waals surface area contributed by atoms with E-state index >= 15 is 0 Å². The summed E-state index contributed by atoms with van der Waals surface area (Å²) in [7, 11) is 0. The molecule has 45 heavy (non-hydrogen) atoms. The van der Waals surface area contributed by atoms with E-state index < -0.39 is 24.0 Å². The molecule has 10 heteroatoms. The highest BCUT2D eigenvalue weighted by Crippen LogP contribution is 2.16. The summed E-state index contributed by atoms with van der Waals surface area (Å²) in [4.78, 5) is 53.9. The van der Waals surface area contributed by atoms with Crippen molar-refractivity contribution in [1.29, 1.82) is 0 Å². The Bertz CT molecular complexity index is 1410. The molecule has 0 fully saturated rings. The molecule has 5 N–H and O–H groups in total. The van der Waals surface area contributed by atoms with E-state index in [2.05, 4.69) is 10.7 Å². The minimum absolute atomic E-state index is 0.0388. The highest BCUT2D eigenvalue weighted by atomic mass is 16.3. The van der Waals surface area contributed by atoms with Gasteiger partial charge in [0.05, 0.1) is 12.1 Å². The number of carbonyl (C=O) groups is 4. The second-order valence-electron chi connectivity index (χ2n) is 11.0. The highest BCUT2D eigenvalue weighted by Gasteiger charge is 2.27. The molecule has 0 radical (unpaired) electrons. The van der Waals surface area contributed by atoms with E-state index in [1.54, 1.807) is 34.2 Å². The van der Waals surface area contributed by atoms with Crippen LogP contribution in [0.25, 0.3) is 0 Å². The third-order valence-corrected chi connectivity index (χ3v) is 7.28. The van der Waals surface area contributed by atoms with Gasteiger partial charge in [-0.05, 0) is 61.6 Å². The zero-order valence-corrected chi connectivity index (χ0v) is 26.4. The average Bonchev–Trinajstić information content (AvgIpc) is 3.04. The maximum absolute atomic E-state index is 13.7. The van der Waals surface area contributed by atoms with Gasteiger partial charge in [0, 0.05) is 48.4 Å². The van der Waals surface area contributed by atoms with Crippen molar-refractivity contribution in [3.63, 3.8) is 0 Å². The summed E-state index contributed by atoms with van der Waals surface area (Å²) >= 11 is 0. The van der Waals surface area contributed by atoms with Crippen LogP contribution in [0.15, 0.2) is 78.9 Å². The second kappa shape index (κ2) is 17.7. The molecule has 0 aromatic heterocycles. The molecule has 0 aliphatic rings. The molecular formula is C35H45N5O5. The van der Waals surface area contributed by atoms with Crippen LogP contribution in [0.1, 0.15) is 87.0 Å². The molecular weight excluding hydrogens is 570 g/mol. The molecule has 2 unspecified atom stereocenters. The standard InChI is InChI=1S/C35H45N5O5/c1-4-17-39(18-5-2)35(45)29-22-27(32(36)42)21-28(23-29)33(43)37-30(20-25-13-9-7-10-14-25)31(41)24-40(19-6-3)38-34(44)26-15-11-8-12-16-26/h7-16,21-23,30-31,41H,4-6,17-20,24H2,1-3H3,(H2,36,42)(H,37,43)(H,38,44). The summed E-state index contributed by atoms with van der Waals surface area (Å²) in [5.74, 6) is -1.93. The number of hydrogen-bond donors (Lipinski definition) is 4. The number of amides is 4. The van der Waals surface area contributed by atoms with Crippen LogP contribution < -0.4 is 16.5 Å². The fourth-order valence-electron chi connectivity index (χ4n) is 5.08. The van der Waals surface area contributed by atoms with E-state index in [-0.39, 0.29) is 35.0 Å². The lowest BCUT2D eigenvalue weighted by Crippen LogP contribution is -2.53. The van der Waals surface area contributed by atoms with Gasteiger partial charge in [0.25, 0.3) is 17.7 Å². The van der Waals surface area contributed by atoms with Gasteiger partial charge in [-0.15, -0.1) is 0 Å². The summed E-state index contributed by atoms with van der Waals surface area (Å²) in [6.07, 6.45) is 1.42. The molecule has 3 aromatic carbocycles. The van der Waals surface area contributed by atoms with E-state index in [9.17, 15) is 24.3 Å².